The summed E-state index contributed by atoms with van der Waals surface area (Å²) >= 11 is 0. The van der Waals surface area contributed by atoms with Crippen LogP contribution in [0.4, 0.5) is 15.8 Å². The summed E-state index contributed by atoms with van der Waals surface area (Å²) in [5.41, 5.74) is 3.26. The molecule has 0 bridgehead atoms. The van der Waals surface area contributed by atoms with Gasteiger partial charge < -0.3 is 15.0 Å². The van der Waals surface area contributed by atoms with E-state index in [-0.39, 0.29) is 46.3 Å². The SMILES string of the molecule is Cc1ccnc(C2C[C@@H]2C(=O)Nc2cc(NCc3cn4cc(C5CC5)cc(F)c4n3)ccc2S(N)(=O)=O)n1. The number of benzene rings is 1. The molecule has 38 heavy (non-hydrogen) atoms. The highest BCUT2D eigenvalue weighted by Crippen LogP contribution is 2.46. The van der Waals surface area contributed by atoms with Crippen molar-refractivity contribution < 1.29 is 17.6 Å². The van der Waals surface area contributed by atoms with Gasteiger partial charge in [0.05, 0.1) is 17.9 Å². The Labute approximate surface area is 218 Å². The van der Waals surface area contributed by atoms with E-state index >= 15 is 0 Å². The maximum atomic E-state index is 14.5. The lowest BCUT2D eigenvalue weighted by atomic mass is 10.2. The van der Waals surface area contributed by atoms with Gasteiger partial charge in [0.15, 0.2) is 11.5 Å². The largest absolute Gasteiger partial charge is 0.379 e. The summed E-state index contributed by atoms with van der Waals surface area (Å²) in [6, 6.07) is 7.74. The van der Waals surface area contributed by atoms with Gasteiger partial charge in [0.25, 0.3) is 0 Å². The second kappa shape index (κ2) is 9.14. The van der Waals surface area contributed by atoms with Gasteiger partial charge in [-0.25, -0.2) is 32.9 Å². The van der Waals surface area contributed by atoms with Gasteiger partial charge in [0.2, 0.25) is 15.9 Å². The summed E-state index contributed by atoms with van der Waals surface area (Å²) < 4.78 is 40.6. The third kappa shape index (κ3) is 4.96. The van der Waals surface area contributed by atoms with Crippen LogP contribution in [-0.2, 0) is 21.4 Å². The molecule has 3 heterocycles. The van der Waals surface area contributed by atoms with Gasteiger partial charge in [-0.2, -0.15) is 0 Å². The molecular formula is C26H26FN7O3S. The highest BCUT2D eigenvalue weighted by Gasteiger charge is 2.46. The molecule has 10 nitrogen and oxygen atoms in total. The summed E-state index contributed by atoms with van der Waals surface area (Å²) in [4.78, 5) is 25.8. The van der Waals surface area contributed by atoms with Crippen LogP contribution in [0.5, 0.6) is 0 Å². The molecule has 4 aromatic rings. The van der Waals surface area contributed by atoms with Crippen molar-refractivity contribution >= 4 is 33.0 Å². The van der Waals surface area contributed by atoms with Gasteiger partial charge in [0, 0.05) is 41.8 Å². The Kier molecular flexibility index (Phi) is 5.88. The third-order valence-corrected chi connectivity index (χ3v) is 7.89. The molecule has 4 N–H and O–H groups in total. The second-order valence-electron chi connectivity index (χ2n) is 9.96. The first-order valence-corrected chi connectivity index (χ1v) is 13.9. The summed E-state index contributed by atoms with van der Waals surface area (Å²) in [6.07, 6.45) is 8.05. The molecular weight excluding hydrogens is 509 g/mol. The molecule has 0 spiro atoms. The molecule has 2 aliphatic carbocycles. The number of aromatic nitrogens is 4. The number of nitrogens with one attached hydrogen (secondary N) is 2. The number of rotatable bonds is 8. The number of nitrogens with zero attached hydrogens (tertiary/aromatic N) is 4. The highest BCUT2D eigenvalue weighted by molar-refractivity contribution is 7.89. The number of primary sulfonamides is 1. The van der Waals surface area contributed by atoms with Gasteiger partial charge in [0.1, 0.15) is 10.7 Å². The Bertz CT molecular complexity index is 1680. The molecule has 2 saturated carbocycles. The number of amides is 1. The fourth-order valence-corrected chi connectivity index (χ4v) is 5.35. The maximum Gasteiger partial charge on any atom is 0.240 e. The van der Waals surface area contributed by atoms with E-state index in [1.54, 1.807) is 35.0 Å². The number of anilines is 2. The van der Waals surface area contributed by atoms with Gasteiger partial charge in [-0.3, -0.25) is 4.79 Å². The lowest BCUT2D eigenvalue weighted by Gasteiger charge is -2.13. The number of pyridine rings is 1. The Morgan fingerprint density at radius 1 is 1.18 bits per heavy atom. The van der Waals surface area contributed by atoms with Crippen molar-refractivity contribution in [3.63, 3.8) is 0 Å². The molecule has 1 amide bonds. The molecule has 0 aliphatic heterocycles. The van der Waals surface area contributed by atoms with Crippen LogP contribution in [0.15, 0.2) is 53.8 Å². The fourth-order valence-electron chi connectivity index (χ4n) is 4.67. The molecule has 1 aromatic carbocycles. The fraction of sp³-hybridized carbons (Fsp3) is 0.308. The average molecular weight is 536 g/mol. The number of aryl methyl sites for hydroxylation is 1. The van der Waals surface area contributed by atoms with E-state index < -0.39 is 10.0 Å². The zero-order valence-electron chi connectivity index (χ0n) is 20.6. The van der Waals surface area contributed by atoms with Crippen molar-refractivity contribution in [1.29, 1.82) is 0 Å². The minimum absolute atomic E-state index is 0.0773. The smallest absolute Gasteiger partial charge is 0.240 e. The van der Waals surface area contributed by atoms with Crippen LogP contribution in [0.3, 0.4) is 0 Å². The summed E-state index contributed by atoms with van der Waals surface area (Å²) in [6.45, 7) is 2.12. The average Bonchev–Trinajstić information content (AvgIpc) is 3.78. The number of sulfonamides is 1. The van der Waals surface area contributed by atoms with Crippen LogP contribution in [0, 0.1) is 18.7 Å². The van der Waals surface area contributed by atoms with Crippen LogP contribution in [0.2, 0.25) is 0 Å². The maximum absolute atomic E-state index is 14.5. The van der Waals surface area contributed by atoms with E-state index in [1.165, 1.54) is 12.1 Å². The first kappa shape index (κ1) is 24.4. The molecule has 3 aromatic heterocycles. The van der Waals surface area contributed by atoms with E-state index in [2.05, 4.69) is 25.6 Å². The number of hydrogen-bond donors (Lipinski definition) is 3. The van der Waals surface area contributed by atoms with Gasteiger partial charge in [-0.1, -0.05) is 0 Å². The molecule has 12 heteroatoms. The van der Waals surface area contributed by atoms with Crippen molar-refractivity contribution in [3.05, 3.63) is 77.5 Å². The van der Waals surface area contributed by atoms with E-state index in [1.807, 2.05) is 13.1 Å². The number of imidazole rings is 1. The number of halogens is 1. The first-order valence-electron chi connectivity index (χ1n) is 12.3. The standard InChI is InChI=1S/C26H26FN7O3S/c1-14-6-7-29-24(31-14)19-10-20(19)26(35)33-22-9-17(4-5-23(22)38(28,36)37)30-11-18-13-34-12-16(15-2-3-15)8-21(27)25(34)32-18/h4-9,12-13,15,19-20,30H,2-3,10-11H2,1H3,(H,33,35)(H2,28,36,37)/t19?,20-/m0/s1. The molecule has 2 atom stereocenters. The minimum Gasteiger partial charge on any atom is -0.379 e. The van der Waals surface area contributed by atoms with E-state index in [4.69, 9.17) is 5.14 Å². The molecule has 2 fully saturated rings. The normalized spacial score (nSPS) is 18.9. The zero-order chi connectivity index (χ0) is 26.6. The predicted octanol–water partition coefficient (Wildman–Crippen LogP) is 3.45. The lowest BCUT2D eigenvalue weighted by molar-refractivity contribution is -0.117. The Balaban J connectivity index is 1.19. The van der Waals surface area contributed by atoms with Gasteiger partial charge in [-0.15, -0.1) is 0 Å². The molecule has 0 saturated heterocycles. The molecule has 1 unspecified atom stereocenters. The monoisotopic (exact) mass is 535 g/mol. The van der Waals surface area contributed by atoms with Crippen LogP contribution in [-0.4, -0.2) is 33.7 Å². The summed E-state index contributed by atoms with van der Waals surface area (Å²) in [7, 11) is -4.09. The van der Waals surface area contributed by atoms with Crippen molar-refractivity contribution in [2.24, 2.45) is 11.1 Å². The highest BCUT2D eigenvalue weighted by atomic mass is 32.2. The summed E-state index contributed by atoms with van der Waals surface area (Å²) in [5.74, 6) is -0.165. The van der Waals surface area contributed by atoms with Gasteiger partial charge in [-0.05, 0) is 68.0 Å². The molecule has 196 valence electrons. The summed E-state index contributed by atoms with van der Waals surface area (Å²) in [5, 5.41) is 11.3. The molecule has 2 aliphatic rings. The third-order valence-electron chi connectivity index (χ3n) is 6.92. The Morgan fingerprint density at radius 2 is 2.00 bits per heavy atom. The topological polar surface area (TPSA) is 144 Å². The zero-order valence-corrected chi connectivity index (χ0v) is 21.4. The van der Waals surface area contributed by atoms with E-state index in [9.17, 15) is 17.6 Å². The number of carbonyl (C=O) groups excluding carboxylic acids is 1. The van der Waals surface area contributed by atoms with E-state index in [0.717, 1.165) is 24.1 Å². The van der Waals surface area contributed by atoms with Crippen LogP contribution in [0.1, 0.15) is 53.9 Å². The lowest BCUT2D eigenvalue weighted by Crippen LogP contribution is -2.20. The number of fused-ring (bicyclic) bond motifs is 1. The van der Waals surface area contributed by atoms with Gasteiger partial charge >= 0.3 is 0 Å². The van der Waals surface area contributed by atoms with Crippen LogP contribution < -0.4 is 15.8 Å². The number of hydrogen-bond acceptors (Lipinski definition) is 7. The minimum atomic E-state index is -4.09. The quantitative estimate of drug-likeness (QED) is 0.313. The van der Waals surface area contributed by atoms with Crippen LogP contribution in [0.25, 0.3) is 5.65 Å². The van der Waals surface area contributed by atoms with E-state index in [0.29, 0.717) is 29.5 Å². The predicted molar refractivity (Wildman–Crippen MR) is 139 cm³/mol. The van der Waals surface area contributed by atoms with Crippen molar-refractivity contribution in [2.75, 3.05) is 10.6 Å². The second-order valence-corrected chi connectivity index (χ2v) is 11.5. The van der Waals surface area contributed by atoms with Crippen molar-refractivity contribution in [3.8, 4) is 0 Å². The molecule has 0 radical (unpaired) electrons. The first-order chi connectivity index (χ1) is 18.2. The van der Waals surface area contributed by atoms with Crippen molar-refractivity contribution in [1.82, 2.24) is 19.4 Å². The van der Waals surface area contributed by atoms with Crippen molar-refractivity contribution in [2.45, 2.75) is 49.5 Å². The Hall–Kier alpha value is -3.90. The number of nitrogens with two attached hydrogens (primary N) is 1. The number of carbonyl (C=O) groups is 1. The molecule has 6 rings (SSSR count). The Morgan fingerprint density at radius 3 is 2.74 bits per heavy atom. The van der Waals surface area contributed by atoms with Crippen LogP contribution >= 0.6 is 0 Å².